The summed E-state index contributed by atoms with van der Waals surface area (Å²) in [5, 5.41) is 22.2. The molecule has 0 unspecified atom stereocenters. The van der Waals surface area contributed by atoms with Crippen molar-refractivity contribution < 1.29 is 19.7 Å². The standard InChI is InChI=1S/C13H16N2O5/c1-9(2)20-13(16)12(14-17)8-5-10-3-6-11(7-4-10)15(18)19/h3-4,6-7,9,17H,5,8H2,1-2H3/b14-12+. The molecule has 7 nitrogen and oxygen atoms in total. The topological polar surface area (TPSA) is 102 Å². The SMILES string of the molecule is CC(C)OC(=O)/C(CCc1ccc([N+](=O)[O-])cc1)=N/O. The highest BCUT2D eigenvalue weighted by atomic mass is 16.6. The molecule has 0 atom stereocenters. The fourth-order valence-electron chi connectivity index (χ4n) is 1.52. The number of hydrogen-bond donors (Lipinski definition) is 1. The predicted molar refractivity (Wildman–Crippen MR) is 71.9 cm³/mol. The molecule has 0 heterocycles. The van der Waals surface area contributed by atoms with Gasteiger partial charge in [-0.1, -0.05) is 17.3 Å². The van der Waals surface area contributed by atoms with Crippen LogP contribution in [-0.4, -0.2) is 27.9 Å². The number of carbonyl (C=O) groups is 1. The van der Waals surface area contributed by atoms with Gasteiger partial charge in [-0.05, 0) is 25.8 Å². The third-order valence-corrected chi connectivity index (χ3v) is 2.50. The highest BCUT2D eigenvalue weighted by Gasteiger charge is 2.15. The summed E-state index contributed by atoms with van der Waals surface area (Å²) in [5.74, 6) is -0.663. The van der Waals surface area contributed by atoms with Gasteiger partial charge < -0.3 is 9.94 Å². The molecule has 0 aliphatic carbocycles. The van der Waals surface area contributed by atoms with E-state index in [0.29, 0.717) is 6.42 Å². The number of nitro benzene ring substituents is 1. The van der Waals surface area contributed by atoms with Crippen molar-refractivity contribution in [1.29, 1.82) is 0 Å². The van der Waals surface area contributed by atoms with Gasteiger partial charge >= 0.3 is 5.97 Å². The van der Waals surface area contributed by atoms with Crippen molar-refractivity contribution in [2.24, 2.45) is 5.16 Å². The van der Waals surface area contributed by atoms with Crippen molar-refractivity contribution in [1.82, 2.24) is 0 Å². The van der Waals surface area contributed by atoms with Gasteiger partial charge in [0, 0.05) is 18.6 Å². The lowest BCUT2D eigenvalue weighted by molar-refractivity contribution is -0.384. The number of ether oxygens (including phenoxy) is 1. The molecular formula is C13H16N2O5. The van der Waals surface area contributed by atoms with Crippen molar-refractivity contribution in [3.05, 3.63) is 39.9 Å². The highest BCUT2D eigenvalue weighted by molar-refractivity contribution is 6.36. The quantitative estimate of drug-likeness (QED) is 0.283. The third kappa shape index (κ3) is 4.68. The molecule has 0 fully saturated rings. The second-order valence-corrected chi connectivity index (χ2v) is 4.42. The Labute approximate surface area is 116 Å². The van der Waals surface area contributed by atoms with Crippen LogP contribution in [-0.2, 0) is 16.0 Å². The summed E-state index contributed by atoms with van der Waals surface area (Å²) >= 11 is 0. The molecule has 0 radical (unpaired) electrons. The number of hydrogen-bond acceptors (Lipinski definition) is 6. The van der Waals surface area contributed by atoms with Crippen LogP contribution in [0.1, 0.15) is 25.8 Å². The summed E-state index contributed by atoms with van der Waals surface area (Å²) in [6, 6.07) is 5.97. The van der Waals surface area contributed by atoms with E-state index >= 15 is 0 Å². The first kappa shape index (κ1) is 15.6. The van der Waals surface area contributed by atoms with E-state index in [2.05, 4.69) is 5.16 Å². The van der Waals surface area contributed by atoms with Crippen LogP contribution in [0, 0.1) is 10.1 Å². The average molecular weight is 280 g/mol. The van der Waals surface area contributed by atoms with E-state index in [1.807, 2.05) is 0 Å². The Bertz CT molecular complexity index is 508. The predicted octanol–water partition coefficient (Wildman–Crippen LogP) is 2.31. The molecular weight excluding hydrogens is 264 g/mol. The molecule has 0 amide bonds. The minimum Gasteiger partial charge on any atom is -0.458 e. The van der Waals surface area contributed by atoms with Crippen LogP contribution in [0.15, 0.2) is 29.4 Å². The molecule has 1 aromatic rings. The number of esters is 1. The summed E-state index contributed by atoms with van der Waals surface area (Å²) in [6.45, 7) is 3.40. The van der Waals surface area contributed by atoms with Crippen molar-refractivity contribution in [3.8, 4) is 0 Å². The number of carbonyl (C=O) groups excluding carboxylic acids is 1. The Morgan fingerprint density at radius 3 is 2.45 bits per heavy atom. The van der Waals surface area contributed by atoms with Crippen LogP contribution in [0.2, 0.25) is 0 Å². The zero-order valence-electron chi connectivity index (χ0n) is 11.3. The summed E-state index contributed by atoms with van der Waals surface area (Å²) in [6.07, 6.45) is 0.323. The fourth-order valence-corrected chi connectivity index (χ4v) is 1.52. The van der Waals surface area contributed by atoms with Crippen molar-refractivity contribution >= 4 is 17.4 Å². The minimum atomic E-state index is -0.663. The molecule has 7 heteroatoms. The average Bonchev–Trinajstić information content (AvgIpc) is 2.39. The fraction of sp³-hybridized carbons (Fsp3) is 0.385. The Morgan fingerprint density at radius 2 is 2.00 bits per heavy atom. The molecule has 0 saturated heterocycles. The first-order valence-corrected chi connectivity index (χ1v) is 6.09. The van der Waals surface area contributed by atoms with Crippen molar-refractivity contribution in [3.63, 3.8) is 0 Å². The van der Waals surface area contributed by atoms with Gasteiger partial charge in [0.1, 0.15) is 0 Å². The molecule has 0 spiro atoms. The van der Waals surface area contributed by atoms with Gasteiger partial charge in [0.15, 0.2) is 5.71 Å². The lowest BCUT2D eigenvalue weighted by atomic mass is 10.1. The highest BCUT2D eigenvalue weighted by Crippen LogP contribution is 2.13. The van der Waals surface area contributed by atoms with E-state index in [-0.39, 0.29) is 23.9 Å². The summed E-state index contributed by atoms with van der Waals surface area (Å²) < 4.78 is 4.92. The number of nitrogens with zero attached hydrogens (tertiary/aromatic N) is 2. The van der Waals surface area contributed by atoms with Gasteiger partial charge in [0.05, 0.1) is 11.0 Å². The molecule has 1 rings (SSSR count). The van der Waals surface area contributed by atoms with Crippen LogP contribution in [0.5, 0.6) is 0 Å². The van der Waals surface area contributed by atoms with E-state index in [1.165, 1.54) is 12.1 Å². The Kier molecular flexibility index (Phi) is 5.64. The third-order valence-electron chi connectivity index (χ3n) is 2.50. The van der Waals surface area contributed by atoms with Crippen LogP contribution < -0.4 is 0 Å². The maximum absolute atomic E-state index is 11.5. The van der Waals surface area contributed by atoms with E-state index in [4.69, 9.17) is 9.94 Å². The molecule has 0 aromatic heterocycles. The smallest absolute Gasteiger partial charge is 0.356 e. The number of non-ortho nitro benzene ring substituents is 1. The van der Waals surface area contributed by atoms with Crippen LogP contribution in [0.3, 0.4) is 0 Å². The Morgan fingerprint density at radius 1 is 1.40 bits per heavy atom. The van der Waals surface area contributed by atoms with Gasteiger partial charge in [0.2, 0.25) is 0 Å². The maximum Gasteiger partial charge on any atom is 0.356 e. The summed E-state index contributed by atoms with van der Waals surface area (Å²) in [7, 11) is 0. The Hall–Kier alpha value is -2.44. The lowest BCUT2D eigenvalue weighted by Gasteiger charge is -2.08. The monoisotopic (exact) mass is 280 g/mol. The molecule has 20 heavy (non-hydrogen) atoms. The van der Waals surface area contributed by atoms with Crippen LogP contribution in [0.4, 0.5) is 5.69 Å². The molecule has 0 aliphatic rings. The molecule has 108 valence electrons. The largest absolute Gasteiger partial charge is 0.458 e. The van der Waals surface area contributed by atoms with E-state index in [1.54, 1.807) is 26.0 Å². The Balaban J connectivity index is 2.61. The molecule has 0 aliphatic heterocycles. The normalized spacial score (nSPS) is 11.4. The number of benzene rings is 1. The zero-order valence-corrected chi connectivity index (χ0v) is 11.3. The molecule has 0 saturated carbocycles. The van der Waals surface area contributed by atoms with Crippen LogP contribution in [0.25, 0.3) is 0 Å². The van der Waals surface area contributed by atoms with E-state index < -0.39 is 10.9 Å². The van der Waals surface area contributed by atoms with Gasteiger partial charge in [-0.2, -0.15) is 0 Å². The minimum absolute atomic E-state index is 0.00372. The second-order valence-electron chi connectivity index (χ2n) is 4.42. The van der Waals surface area contributed by atoms with Gasteiger partial charge in [-0.3, -0.25) is 10.1 Å². The number of oxime groups is 1. The molecule has 1 N–H and O–H groups in total. The summed E-state index contributed by atoms with van der Waals surface area (Å²) in [4.78, 5) is 21.6. The van der Waals surface area contributed by atoms with E-state index in [0.717, 1.165) is 5.56 Å². The number of aryl methyl sites for hydroxylation is 1. The zero-order chi connectivity index (χ0) is 15.1. The van der Waals surface area contributed by atoms with Crippen molar-refractivity contribution in [2.75, 3.05) is 0 Å². The number of nitro groups is 1. The number of rotatable bonds is 6. The maximum atomic E-state index is 11.5. The van der Waals surface area contributed by atoms with E-state index in [9.17, 15) is 14.9 Å². The van der Waals surface area contributed by atoms with Gasteiger partial charge in [-0.25, -0.2) is 4.79 Å². The van der Waals surface area contributed by atoms with Crippen molar-refractivity contribution in [2.45, 2.75) is 32.8 Å². The second kappa shape index (κ2) is 7.22. The van der Waals surface area contributed by atoms with Gasteiger partial charge in [0.25, 0.3) is 5.69 Å². The summed E-state index contributed by atoms with van der Waals surface area (Å²) in [5.41, 5.74) is 0.732. The molecule has 0 bridgehead atoms. The first-order valence-electron chi connectivity index (χ1n) is 6.09. The van der Waals surface area contributed by atoms with Crippen LogP contribution >= 0.6 is 0 Å². The first-order chi connectivity index (χ1) is 9.43. The van der Waals surface area contributed by atoms with Gasteiger partial charge in [-0.15, -0.1) is 0 Å². The lowest BCUT2D eigenvalue weighted by Crippen LogP contribution is -2.21. The molecule has 1 aromatic carbocycles.